The van der Waals surface area contributed by atoms with E-state index >= 15 is 0 Å². The molecule has 1 atom stereocenters. The van der Waals surface area contributed by atoms with Crippen LogP contribution < -0.4 is 10.0 Å². The molecule has 1 aliphatic heterocycles. The summed E-state index contributed by atoms with van der Waals surface area (Å²) >= 11 is 0. The van der Waals surface area contributed by atoms with Crippen molar-refractivity contribution in [1.29, 1.82) is 0 Å². The zero-order chi connectivity index (χ0) is 18.4. The highest BCUT2D eigenvalue weighted by Gasteiger charge is 2.56. The van der Waals surface area contributed by atoms with Crippen LogP contribution in [0.2, 0.25) is 0 Å². The summed E-state index contributed by atoms with van der Waals surface area (Å²) in [6, 6.07) is 5.52. The van der Waals surface area contributed by atoms with Gasteiger partial charge in [-0.1, -0.05) is 0 Å². The van der Waals surface area contributed by atoms with Gasteiger partial charge in [-0.3, -0.25) is 4.98 Å². The molecule has 0 radical (unpaired) electrons. The van der Waals surface area contributed by atoms with Crippen molar-refractivity contribution in [2.45, 2.75) is 30.6 Å². The van der Waals surface area contributed by atoms with Crippen LogP contribution in [-0.4, -0.2) is 49.2 Å². The monoisotopic (exact) mass is 375 g/mol. The fourth-order valence-corrected chi connectivity index (χ4v) is 4.38. The fourth-order valence-electron chi connectivity index (χ4n) is 3.31. The molecule has 0 amide bonds. The molecule has 1 aliphatic carbocycles. The Kier molecular flexibility index (Phi) is 4.17. The van der Waals surface area contributed by atoms with E-state index in [4.69, 9.17) is 14.9 Å². The fraction of sp³-hybridized carbons (Fsp3) is 0.471. The third-order valence-electron chi connectivity index (χ3n) is 5.03. The molecule has 1 saturated carbocycles. The predicted octanol–water partition coefficient (Wildman–Crippen LogP) is 1.04. The maximum Gasteiger partial charge on any atom is 0.220 e. The first-order valence-electron chi connectivity index (χ1n) is 8.57. The molecule has 0 spiro atoms. The summed E-state index contributed by atoms with van der Waals surface area (Å²) in [5, 5.41) is 5.52. The molecule has 0 unspecified atom stereocenters. The summed E-state index contributed by atoms with van der Waals surface area (Å²) in [4.78, 5) is 15.4. The number of nitrogens with zero attached hydrogens (tertiary/aromatic N) is 4. The van der Waals surface area contributed by atoms with Crippen molar-refractivity contribution in [1.82, 2.24) is 15.0 Å². The number of pyridine rings is 1. The average molecular weight is 375 g/mol. The van der Waals surface area contributed by atoms with Crippen LogP contribution in [0.15, 0.2) is 30.6 Å². The van der Waals surface area contributed by atoms with E-state index < -0.39 is 14.8 Å². The molecule has 9 heteroatoms. The van der Waals surface area contributed by atoms with Gasteiger partial charge in [-0.15, -0.1) is 0 Å². The van der Waals surface area contributed by atoms with Crippen LogP contribution in [0.3, 0.4) is 0 Å². The minimum absolute atomic E-state index is 0.140. The maximum absolute atomic E-state index is 12.2. The summed E-state index contributed by atoms with van der Waals surface area (Å²) in [5.41, 5.74) is 1.25. The van der Waals surface area contributed by atoms with E-state index in [1.54, 1.807) is 18.5 Å². The van der Waals surface area contributed by atoms with Crippen molar-refractivity contribution in [3.63, 3.8) is 0 Å². The number of morpholine rings is 1. The lowest BCUT2D eigenvalue weighted by Gasteiger charge is -2.34. The molecule has 3 heterocycles. The summed E-state index contributed by atoms with van der Waals surface area (Å²) in [7, 11) is -3.75. The Morgan fingerprint density at radius 2 is 2.00 bits per heavy atom. The second-order valence-electron chi connectivity index (χ2n) is 6.83. The van der Waals surface area contributed by atoms with Gasteiger partial charge >= 0.3 is 0 Å². The normalized spacial score (nSPS) is 22.2. The van der Waals surface area contributed by atoms with Crippen LogP contribution in [0.25, 0.3) is 11.4 Å². The minimum atomic E-state index is -3.75. The lowest BCUT2D eigenvalue weighted by molar-refractivity contribution is 0.0985. The number of ether oxygens (including phenoxy) is 1. The predicted molar refractivity (Wildman–Crippen MR) is 96.9 cm³/mol. The molecule has 0 aromatic carbocycles. The standard InChI is InChI=1S/C17H21N5O3S/c1-12-11-25-9-8-22(12)15-10-14(17(4-5-17)26(18,23)24)20-16(21-15)13-2-6-19-7-3-13/h2-3,6-7,10,12H,4-5,8-9,11H2,1H3,(H2,18,23,24)/t12-/m1/s1. The van der Waals surface area contributed by atoms with E-state index in [1.165, 1.54) is 0 Å². The van der Waals surface area contributed by atoms with Crippen LogP contribution in [0.4, 0.5) is 5.82 Å². The molecule has 2 aromatic rings. The largest absolute Gasteiger partial charge is 0.377 e. The minimum Gasteiger partial charge on any atom is -0.377 e. The van der Waals surface area contributed by atoms with Crippen molar-refractivity contribution in [2.24, 2.45) is 5.14 Å². The third kappa shape index (κ3) is 2.95. The lowest BCUT2D eigenvalue weighted by atomic mass is 10.2. The first-order valence-corrected chi connectivity index (χ1v) is 10.1. The second-order valence-corrected chi connectivity index (χ2v) is 8.70. The SMILES string of the molecule is C[C@@H]1COCCN1c1cc(C2(S(N)(=O)=O)CC2)nc(-c2ccncc2)n1. The number of anilines is 1. The highest BCUT2D eigenvalue weighted by Crippen LogP contribution is 2.51. The quantitative estimate of drug-likeness (QED) is 0.850. The highest BCUT2D eigenvalue weighted by atomic mass is 32.2. The Balaban J connectivity index is 1.86. The number of hydrogen-bond acceptors (Lipinski definition) is 7. The van der Waals surface area contributed by atoms with Gasteiger partial charge in [0.1, 0.15) is 10.6 Å². The molecule has 0 bridgehead atoms. The number of nitrogens with two attached hydrogens (primary N) is 1. The van der Waals surface area contributed by atoms with Gasteiger partial charge < -0.3 is 9.64 Å². The molecule has 1 saturated heterocycles. The summed E-state index contributed by atoms with van der Waals surface area (Å²) in [5.74, 6) is 1.18. The first kappa shape index (κ1) is 17.3. The molecule has 8 nitrogen and oxygen atoms in total. The number of hydrogen-bond donors (Lipinski definition) is 1. The summed E-state index contributed by atoms with van der Waals surface area (Å²) in [6.45, 7) is 3.95. The Labute approximate surface area is 152 Å². The molecule has 4 rings (SSSR count). The van der Waals surface area contributed by atoms with Crippen molar-refractivity contribution >= 4 is 15.8 Å². The van der Waals surface area contributed by atoms with Gasteiger partial charge in [0.05, 0.1) is 24.9 Å². The smallest absolute Gasteiger partial charge is 0.220 e. The number of aromatic nitrogens is 3. The first-order chi connectivity index (χ1) is 12.4. The topological polar surface area (TPSA) is 111 Å². The van der Waals surface area contributed by atoms with Gasteiger partial charge in [-0.05, 0) is 31.9 Å². The van der Waals surface area contributed by atoms with Gasteiger partial charge in [0, 0.05) is 30.6 Å². The van der Waals surface area contributed by atoms with E-state index in [0.29, 0.717) is 49.9 Å². The Hall–Kier alpha value is -2.10. The number of primary sulfonamides is 1. The van der Waals surface area contributed by atoms with Crippen molar-refractivity contribution < 1.29 is 13.2 Å². The van der Waals surface area contributed by atoms with Gasteiger partial charge in [-0.2, -0.15) is 0 Å². The molecule has 2 aromatic heterocycles. The van der Waals surface area contributed by atoms with Gasteiger partial charge in [-0.25, -0.2) is 23.5 Å². The third-order valence-corrected chi connectivity index (χ3v) is 6.74. The van der Waals surface area contributed by atoms with Crippen LogP contribution in [0.1, 0.15) is 25.5 Å². The molecular weight excluding hydrogens is 354 g/mol. The maximum atomic E-state index is 12.2. The van der Waals surface area contributed by atoms with Crippen LogP contribution >= 0.6 is 0 Å². The van der Waals surface area contributed by atoms with Gasteiger partial charge in [0.15, 0.2) is 5.82 Å². The highest BCUT2D eigenvalue weighted by molar-refractivity contribution is 7.90. The van der Waals surface area contributed by atoms with E-state index in [2.05, 4.69) is 21.8 Å². The van der Waals surface area contributed by atoms with Crippen LogP contribution in [-0.2, 0) is 19.5 Å². The lowest BCUT2D eigenvalue weighted by Crippen LogP contribution is -2.44. The van der Waals surface area contributed by atoms with E-state index in [0.717, 1.165) is 5.56 Å². The molecule has 138 valence electrons. The van der Waals surface area contributed by atoms with Gasteiger partial charge in [0.2, 0.25) is 10.0 Å². The molecule has 2 aliphatic rings. The molecule has 26 heavy (non-hydrogen) atoms. The van der Waals surface area contributed by atoms with E-state index in [-0.39, 0.29) is 6.04 Å². The van der Waals surface area contributed by atoms with E-state index in [1.807, 2.05) is 12.1 Å². The Bertz CT molecular complexity index is 915. The van der Waals surface area contributed by atoms with Crippen molar-refractivity contribution in [2.75, 3.05) is 24.7 Å². The zero-order valence-electron chi connectivity index (χ0n) is 14.5. The summed E-state index contributed by atoms with van der Waals surface area (Å²) < 4.78 is 28.8. The second kappa shape index (κ2) is 6.26. The Morgan fingerprint density at radius 3 is 2.62 bits per heavy atom. The average Bonchev–Trinajstić information content (AvgIpc) is 3.44. The van der Waals surface area contributed by atoms with Crippen molar-refractivity contribution in [3.8, 4) is 11.4 Å². The zero-order valence-corrected chi connectivity index (χ0v) is 15.3. The Morgan fingerprint density at radius 1 is 1.27 bits per heavy atom. The van der Waals surface area contributed by atoms with Crippen LogP contribution in [0, 0.1) is 0 Å². The number of sulfonamides is 1. The number of rotatable bonds is 4. The summed E-state index contributed by atoms with van der Waals surface area (Å²) in [6.07, 6.45) is 4.29. The van der Waals surface area contributed by atoms with Gasteiger partial charge in [0.25, 0.3) is 0 Å². The molecular formula is C17H21N5O3S. The van der Waals surface area contributed by atoms with Crippen LogP contribution in [0.5, 0.6) is 0 Å². The molecule has 2 N–H and O–H groups in total. The van der Waals surface area contributed by atoms with Crippen molar-refractivity contribution in [3.05, 3.63) is 36.3 Å². The van der Waals surface area contributed by atoms with E-state index in [9.17, 15) is 8.42 Å². The molecule has 2 fully saturated rings.